The van der Waals surface area contributed by atoms with Gasteiger partial charge in [0.2, 0.25) is 18.2 Å². The molecule has 1 heterocycles. The monoisotopic (exact) mass is 303 g/mol. The number of piperazine rings is 1. The van der Waals surface area contributed by atoms with Crippen LogP contribution in [0.1, 0.15) is 17.5 Å². The van der Waals surface area contributed by atoms with Crippen molar-refractivity contribution < 1.29 is 14.4 Å². The molecule has 1 N–H and O–H groups in total. The van der Waals surface area contributed by atoms with Crippen LogP contribution in [0.25, 0.3) is 0 Å². The number of hydrogen-bond acceptors (Lipinski definition) is 3. The van der Waals surface area contributed by atoms with Crippen LogP contribution in [0, 0.1) is 6.92 Å². The molecule has 3 amide bonds. The fourth-order valence-electron chi connectivity index (χ4n) is 2.39. The lowest BCUT2D eigenvalue weighted by Crippen LogP contribution is -2.49. The second kappa shape index (κ2) is 7.59. The van der Waals surface area contributed by atoms with Gasteiger partial charge in [-0.25, -0.2) is 0 Å². The van der Waals surface area contributed by atoms with E-state index < -0.39 is 0 Å². The zero-order chi connectivity index (χ0) is 15.9. The predicted octanol–water partition coefficient (Wildman–Crippen LogP) is 0.302. The first kappa shape index (κ1) is 16.0. The van der Waals surface area contributed by atoms with E-state index in [-0.39, 0.29) is 18.2 Å². The molecule has 0 radical (unpaired) electrons. The van der Waals surface area contributed by atoms with Crippen molar-refractivity contribution in [2.45, 2.75) is 19.9 Å². The Hall–Kier alpha value is -2.37. The summed E-state index contributed by atoms with van der Waals surface area (Å²) in [5, 5.41) is 2.78. The molecule has 1 aliphatic heterocycles. The van der Waals surface area contributed by atoms with Gasteiger partial charge in [0, 0.05) is 32.7 Å². The van der Waals surface area contributed by atoms with E-state index in [4.69, 9.17) is 0 Å². The summed E-state index contributed by atoms with van der Waals surface area (Å²) in [4.78, 5) is 37.8. The van der Waals surface area contributed by atoms with Crippen LogP contribution < -0.4 is 5.32 Å². The zero-order valence-corrected chi connectivity index (χ0v) is 12.7. The molecule has 1 fully saturated rings. The van der Waals surface area contributed by atoms with Crippen LogP contribution in [0.2, 0.25) is 0 Å². The van der Waals surface area contributed by atoms with E-state index in [1.54, 1.807) is 9.80 Å². The van der Waals surface area contributed by atoms with Crippen LogP contribution in [0.4, 0.5) is 0 Å². The van der Waals surface area contributed by atoms with Crippen molar-refractivity contribution >= 4 is 18.2 Å². The minimum absolute atomic E-state index is 0.146. The van der Waals surface area contributed by atoms with E-state index in [0.717, 1.165) is 17.5 Å². The Morgan fingerprint density at radius 2 is 1.86 bits per heavy atom. The molecule has 6 nitrogen and oxygen atoms in total. The van der Waals surface area contributed by atoms with Crippen molar-refractivity contribution in [3.63, 3.8) is 0 Å². The van der Waals surface area contributed by atoms with Crippen LogP contribution >= 0.6 is 0 Å². The molecule has 1 saturated heterocycles. The third kappa shape index (κ3) is 4.31. The Morgan fingerprint density at radius 3 is 2.50 bits per heavy atom. The third-order valence-corrected chi connectivity index (χ3v) is 3.87. The first-order valence-corrected chi connectivity index (χ1v) is 7.38. The molecule has 1 aliphatic rings. The number of carbonyl (C=O) groups excluding carboxylic acids is 3. The molecule has 0 saturated carbocycles. The van der Waals surface area contributed by atoms with Gasteiger partial charge in [-0.1, -0.05) is 24.3 Å². The van der Waals surface area contributed by atoms with Crippen molar-refractivity contribution in [1.82, 2.24) is 15.1 Å². The number of amides is 3. The molecular weight excluding hydrogens is 282 g/mol. The van der Waals surface area contributed by atoms with Crippen LogP contribution in [-0.4, -0.2) is 54.2 Å². The lowest BCUT2D eigenvalue weighted by Gasteiger charge is -2.32. The van der Waals surface area contributed by atoms with E-state index in [1.807, 2.05) is 31.2 Å². The highest BCUT2D eigenvalue weighted by Crippen LogP contribution is 2.07. The maximum atomic E-state index is 12.0. The van der Waals surface area contributed by atoms with Gasteiger partial charge < -0.3 is 15.1 Å². The summed E-state index contributed by atoms with van der Waals surface area (Å²) in [7, 11) is 0. The average molecular weight is 303 g/mol. The van der Waals surface area contributed by atoms with Crippen LogP contribution in [0.15, 0.2) is 24.3 Å². The fraction of sp³-hybridized carbons (Fsp3) is 0.438. The minimum atomic E-state index is -0.272. The van der Waals surface area contributed by atoms with E-state index in [9.17, 15) is 14.4 Å². The van der Waals surface area contributed by atoms with Crippen molar-refractivity contribution in [3.8, 4) is 0 Å². The fourth-order valence-corrected chi connectivity index (χ4v) is 2.39. The predicted molar refractivity (Wildman–Crippen MR) is 81.9 cm³/mol. The highest BCUT2D eigenvalue weighted by molar-refractivity contribution is 5.96. The standard InChI is InChI=1S/C16H21N3O3/c1-13-4-2-3-5-14(13)11-17-15(21)10-16(22)19-8-6-18(12-20)7-9-19/h2-5,12H,6-11H2,1H3,(H,17,21). The molecule has 0 bridgehead atoms. The van der Waals surface area contributed by atoms with Crippen molar-refractivity contribution in [1.29, 1.82) is 0 Å². The Morgan fingerprint density at radius 1 is 1.18 bits per heavy atom. The van der Waals surface area contributed by atoms with E-state index >= 15 is 0 Å². The van der Waals surface area contributed by atoms with Crippen LogP contribution in [0.3, 0.4) is 0 Å². The number of carbonyl (C=O) groups is 3. The molecule has 0 atom stereocenters. The van der Waals surface area contributed by atoms with Gasteiger partial charge in [0.1, 0.15) is 6.42 Å². The van der Waals surface area contributed by atoms with Gasteiger partial charge in [-0.05, 0) is 18.1 Å². The van der Waals surface area contributed by atoms with Gasteiger partial charge in [0.25, 0.3) is 0 Å². The summed E-state index contributed by atoms with van der Waals surface area (Å²) in [5.74, 6) is -0.459. The quantitative estimate of drug-likeness (QED) is 0.628. The maximum absolute atomic E-state index is 12.0. The van der Waals surface area contributed by atoms with E-state index in [1.165, 1.54) is 0 Å². The first-order valence-electron chi connectivity index (χ1n) is 7.38. The molecule has 2 rings (SSSR count). The number of aryl methyl sites for hydroxylation is 1. The smallest absolute Gasteiger partial charge is 0.232 e. The Labute approximate surface area is 130 Å². The van der Waals surface area contributed by atoms with E-state index in [0.29, 0.717) is 32.7 Å². The summed E-state index contributed by atoms with van der Waals surface area (Å²) in [6, 6.07) is 7.81. The molecule has 0 unspecified atom stereocenters. The van der Waals surface area contributed by atoms with Gasteiger partial charge in [-0.15, -0.1) is 0 Å². The lowest BCUT2D eigenvalue weighted by atomic mass is 10.1. The first-order chi connectivity index (χ1) is 10.6. The summed E-state index contributed by atoms with van der Waals surface area (Å²) >= 11 is 0. The Bertz CT molecular complexity index is 551. The molecule has 22 heavy (non-hydrogen) atoms. The summed E-state index contributed by atoms with van der Waals surface area (Å²) in [5.41, 5.74) is 2.15. The lowest BCUT2D eigenvalue weighted by molar-refractivity contribution is -0.139. The van der Waals surface area contributed by atoms with Gasteiger partial charge in [0.15, 0.2) is 0 Å². The topological polar surface area (TPSA) is 69.7 Å². The third-order valence-electron chi connectivity index (χ3n) is 3.87. The molecule has 1 aromatic rings. The Kier molecular flexibility index (Phi) is 5.52. The van der Waals surface area contributed by atoms with Crippen LogP contribution in [0.5, 0.6) is 0 Å². The largest absolute Gasteiger partial charge is 0.352 e. The minimum Gasteiger partial charge on any atom is -0.352 e. The Balaban J connectivity index is 1.76. The van der Waals surface area contributed by atoms with Gasteiger partial charge >= 0.3 is 0 Å². The highest BCUT2D eigenvalue weighted by atomic mass is 16.2. The summed E-state index contributed by atoms with van der Waals surface area (Å²) < 4.78 is 0. The number of nitrogens with zero attached hydrogens (tertiary/aromatic N) is 2. The molecule has 6 heteroatoms. The second-order valence-electron chi connectivity index (χ2n) is 5.40. The molecule has 0 aliphatic carbocycles. The molecule has 118 valence electrons. The maximum Gasteiger partial charge on any atom is 0.232 e. The van der Waals surface area contributed by atoms with Gasteiger partial charge in [0.05, 0.1) is 0 Å². The number of rotatable bonds is 5. The van der Waals surface area contributed by atoms with E-state index in [2.05, 4.69) is 5.32 Å². The van der Waals surface area contributed by atoms with Gasteiger partial charge in [-0.2, -0.15) is 0 Å². The normalized spacial score (nSPS) is 14.6. The van der Waals surface area contributed by atoms with Crippen molar-refractivity contribution in [3.05, 3.63) is 35.4 Å². The molecular formula is C16H21N3O3. The number of nitrogens with one attached hydrogen (secondary N) is 1. The van der Waals surface area contributed by atoms with Crippen LogP contribution in [-0.2, 0) is 20.9 Å². The zero-order valence-electron chi connectivity index (χ0n) is 12.7. The van der Waals surface area contributed by atoms with Crippen molar-refractivity contribution in [2.75, 3.05) is 26.2 Å². The van der Waals surface area contributed by atoms with Gasteiger partial charge in [-0.3, -0.25) is 14.4 Å². The number of hydrogen-bond donors (Lipinski definition) is 1. The average Bonchev–Trinajstić information content (AvgIpc) is 2.54. The highest BCUT2D eigenvalue weighted by Gasteiger charge is 2.21. The number of benzene rings is 1. The molecule has 0 spiro atoms. The molecule has 1 aromatic carbocycles. The molecule has 0 aromatic heterocycles. The summed E-state index contributed by atoms with van der Waals surface area (Å²) in [6.45, 7) is 4.45. The van der Waals surface area contributed by atoms with Crippen molar-refractivity contribution in [2.24, 2.45) is 0 Å². The second-order valence-corrected chi connectivity index (χ2v) is 5.40. The summed E-state index contributed by atoms with van der Waals surface area (Å²) in [6.07, 6.45) is 0.643. The SMILES string of the molecule is Cc1ccccc1CNC(=O)CC(=O)N1CCN(C=O)CC1.